The molecule has 0 heterocycles. The first-order chi connectivity index (χ1) is 9.47. The summed E-state index contributed by atoms with van der Waals surface area (Å²) in [5, 5.41) is 3.14. The van der Waals surface area contributed by atoms with Crippen molar-refractivity contribution in [1.29, 1.82) is 0 Å². The van der Waals surface area contributed by atoms with Crippen molar-refractivity contribution in [2.75, 3.05) is 13.6 Å². The predicted molar refractivity (Wildman–Crippen MR) is 88.2 cm³/mol. The second kappa shape index (κ2) is 10.6. The van der Waals surface area contributed by atoms with E-state index >= 15 is 0 Å². The Labute approximate surface area is 124 Å². The second-order valence-corrected chi connectivity index (χ2v) is 5.34. The number of nitrogens with zero attached hydrogens (tertiary/aromatic N) is 1. The fourth-order valence-corrected chi connectivity index (χ4v) is 1.93. The van der Waals surface area contributed by atoms with Crippen molar-refractivity contribution < 1.29 is 4.79 Å². The van der Waals surface area contributed by atoms with Crippen LogP contribution in [0.2, 0.25) is 0 Å². The highest BCUT2D eigenvalue weighted by molar-refractivity contribution is 5.79. The number of allylic oxidation sites excluding steroid dienone is 4. The number of aliphatic imine (C=N–C) groups is 1. The van der Waals surface area contributed by atoms with Gasteiger partial charge in [-0.1, -0.05) is 12.5 Å². The van der Waals surface area contributed by atoms with Gasteiger partial charge in [0.1, 0.15) is 6.29 Å². The Balaban J connectivity index is 5.00. The summed E-state index contributed by atoms with van der Waals surface area (Å²) in [7, 11) is 1.93. The Bertz CT molecular complexity index is 392. The molecule has 0 spiro atoms. The van der Waals surface area contributed by atoms with Crippen LogP contribution >= 0.6 is 0 Å². The normalized spacial score (nSPS) is 15.9. The molecule has 3 heteroatoms. The Kier molecular flexibility index (Phi) is 9.91. The maximum absolute atomic E-state index is 10.8. The van der Waals surface area contributed by atoms with E-state index in [1.165, 1.54) is 16.7 Å². The SMILES string of the molecule is CC/C(C)=C(C)/C=N/C(C)=C(\C)C(CC=O)CCNC. The van der Waals surface area contributed by atoms with Gasteiger partial charge in [-0.3, -0.25) is 4.99 Å². The first kappa shape index (κ1) is 18.8. The Morgan fingerprint density at radius 3 is 2.40 bits per heavy atom. The number of hydrogen-bond acceptors (Lipinski definition) is 3. The van der Waals surface area contributed by atoms with E-state index in [0.717, 1.165) is 31.4 Å². The molecule has 0 aromatic carbocycles. The highest BCUT2D eigenvalue weighted by Crippen LogP contribution is 2.21. The first-order valence-electron chi connectivity index (χ1n) is 7.43. The van der Waals surface area contributed by atoms with E-state index in [9.17, 15) is 4.79 Å². The molecule has 0 rings (SSSR count). The molecule has 20 heavy (non-hydrogen) atoms. The molecule has 0 aromatic rings. The molecule has 0 saturated carbocycles. The van der Waals surface area contributed by atoms with E-state index in [-0.39, 0.29) is 5.92 Å². The summed E-state index contributed by atoms with van der Waals surface area (Å²) in [6, 6.07) is 0. The van der Waals surface area contributed by atoms with Crippen LogP contribution in [-0.2, 0) is 4.79 Å². The molecule has 0 bridgehead atoms. The molecule has 0 aliphatic rings. The van der Waals surface area contributed by atoms with Gasteiger partial charge in [0, 0.05) is 18.3 Å². The van der Waals surface area contributed by atoms with E-state index < -0.39 is 0 Å². The number of aldehydes is 1. The molecule has 1 atom stereocenters. The average molecular weight is 278 g/mol. The smallest absolute Gasteiger partial charge is 0.120 e. The minimum atomic E-state index is 0.286. The average Bonchev–Trinajstić information content (AvgIpc) is 2.46. The van der Waals surface area contributed by atoms with Gasteiger partial charge in [-0.25, -0.2) is 0 Å². The predicted octanol–water partition coefficient (Wildman–Crippen LogP) is 3.91. The third kappa shape index (κ3) is 6.80. The van der Waals surface area contributed by atoms with Crippen molar-refractivity contribution in [2.45, 2.75) is 53.9 Å². The summed E-state index contributed by atoms with van der Waals surface area (Å²) in [6.45, 7) is 11.4. The number of hydrogen-bond donors (Lipinski definition) is 1. The van der Waals surface area contributed by atoms with Gasteiger partial charge in [0.25, 0.3) is 0 Å². The van der Waals surface area contributed by atoms with Crippen LogP contribution in [0.1, 0.15) is 53.9 Å². The van der Waals surface area contributed by atoms with Crippen LogP contribution < -0.4 is 5.32 Å². The van der Waals surface area contributed by atoms with Crippen LogP contribution in [0.5, 0.6) is 0 Å². The summed E-state index contributed by atoms with van der Waals surface area (Å²) in [4.78, 5) is 15.4. The van der Waals surface area contributed by atoms with Crippen molar-refractivity contribution in [2.24, 2.45) is 10.9 Å². The zero-order valence-corrected chi connectivity index (χ0v) is 13.9. The maximum Gasteiger partial charge on any atom is 0.120 e. The highest BCUT2D eigenvalue weighted by Gasteiger charge is 2.12. The molecule has 0 aliphatic heterocycles. The topological polar surface area (TPSA) is 41.5 Å². The lowest BCUT2D eigenvalue weighted by atomic mass is 9.92. The van der Waals surface area contributed by atoms with E-state index in [0.29, 0.717) is 6.42 Å². The van der Waals surface area contributed by atoms with Gasteiger partial charge in [-0.05, 0) is 71.2 Å². The summed E-state index contributed by atoms with van der Waals surface area (Å²) in [5.41, 5.74) is 4.82. The first-order valence-corrected chi connectivity index (χ1v) is 7.43. The van der Waals surface area contributed by atoms with Gasteiger partial charge in [-0.2, -0.15) is 0 Å². The van der Waals surface area contributed by atoms with Crippen molar-refractivity contribution in [3.05, 3.63) is 22.4 Å². The summed E-state index contributed by atoms with van der Waals surface area (Å²) >= 11 is 0. The molecule has 0 fully saturated rings. The number of carbonyl (C=O) groups is 1. The monoisotopic (exact) mass is 278 g/mol. The molecule has 1 N–H and O–H groups in total. The largest absolute Gasteiger partial charge is 0.320 e. The zero-order chi connectivity index (χ0) is 15.5. The van der Waals surface area contributed by atoms with E-state index in [2.05, 4.69) is 38.0 Å². The minimum Gasteiger partial charge on any atom is -0.320 e. The van der Waals surface area contributed by atoms with Gasteiger partial charge in [0.2, 0.25) is 0 Å². The lowest BCUT2D eigenvalue weighted by Crippen LogP contribution is -2.15. The highest BCUT2D eigenvalue weighted by atomic mass is 16.1. The van der Waals surface area contributed by atoms with Crippen LogP contribution in [0, 0.1) is 5.92 Å². The lowest BCUT2D eigenvalue weighted by molar-refractivity contribution is -0.108. The Morgan fingerprint density at radius 1 is 1.25 bits per heavy atom. The van der Waals surface area contributed by atoms with Crippen molar-refractivity contribution in [3.8, 4) is 0 Å². The van der Waals surface area contributed by atoms with E-state index in [4.69, 9.17) is 0 Å². The molecular weight excluding hydrogens is 248 g/mol. The molecular formula is C17H30N2O. The third-order valence-electron chi connectivity index (χ3n) is 3.96. The summed E-state index contributed by atoms with van der Waals surface area (Å²) < 4.78 is 0. The molecule has 0 radical (unpaired) electrons. The maximum atomic E-state index is 10.8. The third-order valence-corrected chi connectivity index (χ3v) is 3.96. The van der Waals surface area contributed by atoms with Gasteiger partial charge in [-0.15, -0.1) is 0 Å². The van der Waals surface area contributed by atoms with Crippen molar-refractivity contribution in [3.63, 3.8) is 0 Å². The molecule has 3 nitrogen and oxygen atoms in total. The fraction of sp³-hybridized carbons (Fsp3) is 0.647. The van der Waals surface area contributed by atoms with Crippen molar-refractivity contribution in [1.82, 2.24) is 5.32 Å². The van der Waals surface area contributed by atoms with Crippen LogP contribution in [-0.4, -0.2) is 26.1 Å². The number of rotatable bonds is 9. The molecule has 0 aliphatic carbocycles. The second-order valence-electron chi connectivity index (χ2n) is 5.34. The van der Waals surface area contributed by atoms with Crippen LogP contribution in [0.3, 0.4) is 0 Å². The molecule has 0 amide bonds. The fourth-order valence-electron chi connectivity index (χ4n) is 1.93. The summed E-state index contributed by atoms with van der Waals surface area (Å²) in [6.07, 6.45) is 5.54. The van der Waals surface area contributed by atoms with E-state index in [1.54, 1.807) is 0 Å². The molecule has 1 unspecified atom stereocenters. The van der Waals surface area contributed by atoms with Crippen LogP contribution in [0.4, 0.5) is 0 Å². The molecule has 0 aromatic heterocycles. The van der Waals surface area contributed by atoms with Gasteiger partial charge >= 0.3 is 0 Å². The Hall–Kier alpha value is -1.22. The number of carbonyl (C=O) groups excluding carboxylic acids is 1. The molecule has 0 saturated heterocycles. The summed E-state index contributed by atoms with van der Waals surface area (Å²) in [5.74, 6) is 0.286. The van der Waals surface area contributed by atoms with Crippen LogP contribution in [0.15, 0.2) is 27.4 Å². The van der Waals surface area contributed by atoms with E-state index in [1.807, 2.05) is 20.2 Å². The van der Waals surface area contributed by atoms with Gasteiger partial charge < -0.3 is 10.1 Å². The lowest BCUT2D eigenvalue weighted by Gasteiger charge is -2.16. The number of nitrogens with one attached hydrogen (secondary N) is 1. The molecule has 114 valence electrons. The van der Waals surface area contributed by atoms with Crippen LogP contribution in [0.25, 0.3) is 0 Å². The van der Waals surface area contributed by atoms with Crippen molar-refractivity contribution >= 4 is 12.5 Å². The standard InChI is InChI=1S/C17H30N2O/c1-7-13(2)14(3)12-19-16(5)15(4)17(9-11-20)8-10-18-6/h11-12,17-18H,7-10H2,1-6H3/b14-13+,16-15+,19-12+. The van der Waals surface area contributed by atoms with Gasteiger partial charge in [0.15, 0.2) is 0 Å². The minimum absolute atomic E-state index is 0.286. The Morgan fingerprint density at radius 2 is 1.90 bits per heavy atom. The van der Waals surface area contributed by atoms with Gasteiger partial charge in [0.05, 0.1) is 0 Å². The quantitative estimate of drug-likeness (QED) is 0.513. The zero-order valence-electron chi connectivity index (χ0n) is 13.9.